The maximum atomic E-state index is 15.1. The summed E-state index contributed by atoms with van der Waals surface area (Å²) < 4.78 is 51.7. The van der Waals surface area contributed by atoms with Crippen molar-refractivity contribution >= 4 is 29.2 Å². The van der Waals surface area contributed by atoms with Gasteiger partial charge in [0.1, 0.15) is 23.9 Å². The highest BCUT2D eigenvalue weighted by Crippen LogP contribution is 2.32. The van der Waals surface area contributed by atoms with Gasteiger partial charge in [0, 0.05) is 55.7 Å². The molecule has 3 aromatic rings. The standard InChI is InChI=1S/C28H24F2N4O9/c1-15(35)40-14-26-28(43-17(3)37)27(42-16(2)36)18(13-41-26)9-23(22-8-7-19(29)10-24(22)30)25-12-33(32-31-25)20-5-4-6-21(11-20)34(38)39/h4-13,26-28H,14H2,1-3H3/b23-9+/t26-,27-,28-/m1/s1. The van der Waals surface area contributed by atoms with E-state index in [0.717, 1.165) is 32.2 Å². The summed E-state index contributed by atoms with van der Waals surface area (Å²) in [6.07, 6.45) is 0.150. The molecule has 0 unspecified atom stereocenters. The predicted octanol–water partition coefficient (Wildman–Crippen LogP) is 3.59. The van der Waals surface area contributed by atoms with Crippen LogP contribution in [0.25, 0.3) is 11.3 Å². The summed E-state index contributed by atoms with van der Waals surface area (Å²) in [5, 5.41) is 19.3. The van der Waals surface area contributed by atoms with Crippen LogP contribution in [0, 0.1) is 21.7 Å². The second-order valence-electron chi connectivity index (χ2n) is 9.21. The molecular weight excluding hydrogens is 574 g/mol. The topological polar surface area (TPSA) is 162 Å². The monoisotopic (exact) mass is 598 g/mol. The van der Waals surface area contributed by atoms with Gasteiger partial charge in [-0.15, -0.1) is 5.10 Å². The van der Waals surface area contributed by atoms with E-state index in [0.29, 0.717) is 6.07 Å². The smallest absolute Gasteiger partial charge is 0.303 e. The summed E-state index contributed by atoms with van der Waals surface area (Å²) in [6.45, 7) is 3.05. The van der Waals surface area contributed by atoms with Gasteiger partial charge in [0.25, 0.3) is 5.69 Å². The lowest BCUT2D eigenvalue weighted by molar-refractivity contribution is -0.384. The number of non-ortho nitro benzene ring substituents is 1. The van der Waals surface area contributed by atoms with Crippen LogP contribution in [0.4, 0.5) is 14.5 Å². The van der Waals surface area contributed by atoms with E-state index in [1.165, 1.54) is 48.1 Å². The Balaban J connectivity index is 1.85. The number of hydrogen-bond donors (Lipinski definition) is 0. The van der Waals surface area contributed by atoms with E-state index < -0.39 is 52.8 Å². The number of ether oxygens (including phenoxy) is 4. The first kappa shape index (κ1) is 30.5. The molecule has 43 heavy (non-hydrogen) atoms. The molecule has 1 aliphatic heterocycles. The van der Waals surface area contributed by atoms with Gasteiger partial charge in [-0.25, -0.2) is 13.5 Å². The van der Waals surface area contributed by atoms with Crippen LogP contribution in [0.1, 0.15) is 32.0 Å². The van der Waals surface area contributed by atoms with Gasteiger partial charge < -0.3 is 18.9 Å². The van der Waals surface area contributed by atoms with Crippen LogP contribution in [-0.4, -0.2) is 62.7 Å². The number of nitro groups is 1. The van der Waals surface area contributed by atoms with Gasteiger partial charge >= 0.3 is 17.9 Å². The fraction of sp³-hybridized carbons (Fsp3) is 0.250. The van der Waals surface area contributed by atoms with Gasteiger partial charge in [0.05, 0.1) is 23.1 Å². The lowest BCUT2D eigenvalue weighted by atomic mass is 9.93. The van der Waals surface area contributed by atoms with Crippen molar-refractivity contribution in [3.8, 4) is 5.69 Å². The zero-order valence-electron chi connectivity index (χ0n) is 22.9. The minimum atomic E-state index is -1.32. The van der Waals surface area contributed by atoms with E-state index >= 15 is 4.39 Å². The van der Waals surface area contributed by atoms with Crippen molar-refractivity contribution < 1.29 is 47.0 Å². The Morgan fingerprint density at radius 2 is 1.81 bits per heavy atom. The first-order valence-corrected chi connectivity index (χ1v) is 12.6. The summed E-state index contributed by atoms with van der Waals surface area (Å²) in [5.74, 6) is -3.97. The van der Waals surface area contributed by atoms with Crippen molar-refractivity contribution in [2.45, 2.75) is 39.1 Å². The number of aromatic nitrogens is 3. The van der Waals surface area contributed by atoms with Crippen LogP contribution < -0.4 is 0 Å². The van der Waals surface area contributed by atoms with Gasteiger partial charge in [-0.2, -0.15) is 0 Å². The molecule has 0 bridgehead atoms. The van der Waals surface area contributed by atoms with Crippen molar-refractivity contribution in [3.63, 3.8) is 0 Å². The molecule has 0 N–H and O–H groups in total. The Hall–Kier alpha value is -5.47. The normalized spacial score (nSPS) is 18.2. The number of esters is 3. The predicted molar refractivity (Wildman–Crippen MR) is 142 cm³/mol. The number of carbonyl (C=O) groups is 3. The highest BCUT2D eigenvalue weighted by atomic mass is 19.1. The molecule has 224 valence electrons. The minimum absolute atomic E-state index is 0.0150. The summed E-state index contributed by atoms with van der Waals surface area (Å²) >= 11 is 0. The number of hydrogen-bond acceptors (Lipinski definition) is 11. The Morgan fingerprint density at radius 1 is 1.07 bits per heavy atom. The van der Waals surface area contributed by atoms with Crippen molar-refractivity contribution in [1.29, 1.82) is 0 Å². The number of halogens is 2. The lowest BCUT2D eigenvalue weighted by Gasteiger charge is -2.35. The first-order valence-electron chi connectivity index (χ1n) is 12.6. The van der Waals surface area contributed by atoms with E-state index in [4.69, 9.17) is 18.9 Å². The first-order chi connectivity index (χ1) is 20.4. The zero-order chi connectivity index (χ0) is 31.3. The van der Waals surface area contributed by atoms with Crippen molar-refractivity contribution in [1.82, 2.24) is 15.0 Å². The Morgan fingerprint density at radius 3 is 2.47 bits per heavy atom. The molecule has 1 aliphatic rings. The Bertz CT molecular complexity index is 1640. The molecule has 2 aromatic carbocycles. The highest BCUT2D eigenvalue weighted by Gasteiger charge is 2.42. The summed E-state index contributed by atoms with van der Waals surface area (Å²) in [7, 11) is 0. The van der Waals surface area contributed by atoms with Crippen LogP contribution in [0.5, 0.6) is 0 Å². The SMILES string of the molecule is CC(=O)OC[C@H]1OC=C(/C=C(/c2cn(-c3cccc([N+](=O)[O-])c3)nn2)c2ccc(F)cc2F)[C@@H](OC(C)=O)[C@@H]1OC(C)=O. The lowest BCUT2D eigenvalue weighted by Crippen LogP contribution is -2.49. The fourth-order valence-corrected chi connectivity index (χ4v) is 4.21. The fourth-order valence-electron chi connectivity index (χ4n) is 4.21. The van der Waals surface area contributed by atoms with Crippen LogP contribution in [0.15, 0.2) is 66.6 Å². The summed E-state index contributed by atoms with van der Waals surface area (Å²) in [6, 6.07) is 8.35. The number of nitrogens with zero attached hydrogens (tertiary/aromatic N) is 4. The van der Waals surface area contributed by atoms with E-state index in [-0.39, 0.29) is 40.4 Å². The molecule has 4 rings (SSSR count). The number of nitro benzene ring substituents is 1. The third kappa shape index (κ3) is 7.44. The van der Waals surface area contributed by atoms with Gasteiger partial charge in [0.2, 0.25) is 0 Å². The number of benzene rings is 2. The molecule has 0 spiro atoms. The van der Waals surface area contributed by atoms with Crippen LogP contribution in [0.3, 0.4) is 0 Å². The molecule has 2 heterocycles. The molecular formula is C28H24F2N4O9. The molecule has 0 radical (unpaired) electrons. The molecule has 0 saturated carbocycles. The van der Waals surface area contributed by atoms with Gasteiger partial charge in [-0.3, -0.25) is 24.5 Å². The molecule has 0 amide bonds. The molecule has 0 fully saturated rings. The third-order valence-corrected chi connectivity index (χ3v) is 6.02. The number of rotatable bonds is 9. The molecule has 0 aliphatic carbocycles. The zero-order valence-corrected chi connectivity index (χ0v) is 22.9. The Labute approximate surface area is 242 Å². The molecule has 1 aromatic heterocycles. The third-order valence-electron chi connectivity index (χ3n) is 6.02. The van der Waals surface area contributed by atoms with Crippen molar-refractivity contribution in [2.24, 2.45) is 0 Å². The van der Waals surface area contributed by atoms with E-state index in [9.17, 15) is 28.9 Å². The minimum Gasteiger partial charge on any atom is -0.490 e. The molecule has 13 nitrogen and oxygen atoms in total. The highest BCUT2D eigenvalue weighted by molar-refractivity contribution is 5.80. The van der Waals surface area contributed by atoms with Crippen LogP contribution in [0.2, 0.25) is 0 Å². The number of carbonyl (C=O) groups excluding carboxylic acids is 3. The molecule has 3 atom stereocenters. The van der Waals surface area contributed by atoms with Crippen molar-refractivity contribution in [3.05, 3.63) is 99.6 Å². The van der Waals surface area contributed by atoms with Crippen LogP contribution in [-0.2, 0) is 33.3 Å². The second-order valence-corrected chi connectivity index (χ2v) is 9.21. The summed E-state index contributed by atoms with van der Waals surface area (Å²) in [4.78, 5) is 46.1. The average Bonchev–Trinajstić information content (AvgIpc) is 3.43. The van der Waals surface area contributed by atoms with Gasteiger partial charge in [-0.1, -0.05) is 11.3 Å². The van der Waals surface area contributed by atoms with E-state index in [2.05, 4.69) is 10.3 Å². The van der Waals surface area contributed by atoms with Crippen molar-refractivity contribution in [2.75, 3.05) is 6.61 Å². The maximum absolute atomic E-state index is 15.1. The molecule has 15 heteroatoms. The van der Waals surface area contributed by atoms with E-state index in [1.807, 2.05) is 0 Å². The maximum Gasteiger partial charge on any atom is 0.303 e. The van der Waals surface area contributed by atoms with Gasteiger partial charge in [0.15, 0.2) is 18.3 Å². The van der Waals surface area contributed by atoms with Crippen LogP contribution >= 0.6 is 0 Å². The largest absolute Gasteiger partial charge is 0.490 e. The average molecular weight is 599 g/mol. The van der Waals surface area contributed by atoms with E-state index in [1.54, 1.807) is 0 Å². The summed E-state index contributed by atoms with van der Waals surface area (Å²) in [5.41, 5.74) is 0.0495. The Kier molecular flexibility index (Phi) is 9.23. The molecule has 0 saturated heterocycles. The van der Waals surface area contributed by atoms with Gasteiger partial charge in [-0.05, 0) is 24.3 Å². The second kappa shape index (κ2) is 13.0. The quantitative estimate of drug-likeness (QED) is 0.153.